The molecule has 0 spiro atoms. The molecule has 3 heterocycles. The molecule has 2 atom stereocenters. The minimum Gasteiger partial charge on any atom is -0.335 e. The maximum atomic E-state index is 12.9. The van der Waals surface area contributed by atoms with E-state index in [9.17, 15) is 9.59 Å². The Balaban J connectivity index is 1.67. The van der Waals surface area contributed by atoms with Crippen LogP contribution in [0.4, 0.5) is 5.69 Å². The van der Waals surface area contributed by atoms with Crippen molar-refractivity contribution < 1.29 is 9.59 Å². The Morgan fingerprint density at radius 2 is 1.62 bits per heavy atom. The van der Waals surface area contributed by atoms with Crippen LogP contribution in [0.2, 0.25) is 0 Å². The third-order valence-corrected chi connectivity index (χ3v) is 5.57. The maximum absolute atomic E-state index is 12.9. The van der Waals surface area contributed by atoms with Crippen molar-refractivity contribution in [3.8, 4) is 0 Å². The van der Waals surface area contributed by atoms with E-state index in [4.69, 9.17) is 0 Å². The molecule has 120 valence electrons. The van der Waals surface area contributed by atoms with Crippen molar-refractivity contribution in [2.24, 2.45) is 0 Å². The van der Waals surface area contributed by atoms with E-state index in [1.807, 2.05) is 46.2 Å². The summed E-state index contributed by atoms with van der Waals surface area (Å²) < 4.78 is 0. The Labute approximate surface area is 140 Å². The molecular formula is C20H18N2O2. The monoisotopic (exact) mass is 318 g/mol. The molecule has 24 heavy (non-hydrogen) atoms. The summed E-state index contributed by atoms with van der Waals surface area (Å²) in [6.07, 6.45) is 2.36. The summed E-state index contributed by atoms with van der Waals surface area (Å²) in [6.45, 7) is 0.820. The number of likely N-dealkylation sites (tertiary alicyclic amines) is 1. The van der Waals surface area contributed by atoms with Crippen molar-refractivity contribution in [3.63, 3.8) is 0 Å². The SMILES string of the molecule is O=C1CCCN1[C@H]1C[C@H]2c3ccccc3C(=O)N2c2ccccc21. The Hall–Kier alpha value is -2.62. The molecule has 2 aromatic carbocycles. The highest BCUT2D eigenvalue weighted by Crippen LogP contribution is 2.50. The quantitative estimate of drug-likeness (QED) is 0.808. The largest absolute Gasteiger partial charge is 0.335 e. The van der Waals surface area contributed by atoms with Gasteiger partial charge in [-0.2, -0.15) is 0 Å². The van der Waals surface area contributed by atoms with E-state index < -0.39 is 0 Å². The number of benzene rings is 2. The van der Waals surface area contributed by atoms with Crippen LogP contribution in [0.3, 0.4) is 0 Å². The first kappa shape index (κ1) is 13.8. The number of carbonyl (C=O) groups excluding carboxylic acids is 2. The molecule has 5 rings (SSSR count). The number of carbonyl (C=O) groups is 2. The second kappa shape index (κ2) is 4.94. The zero-order valence-corrected chi connectivity index (χ0v) is 13.3. The number of amides is 2. The van der Waals surface area contributed by atoms with Crippen molar-refractivity contribution in [3.05, 3.63) is 65.2 Å². The Kier molecular flexibility index (Phi) is 2.84. The second-order valence-electron chi connectivity index (χ2n) is 6.78. The number of rotatable bonds is 1. The van der Waals surface area contributed by atoms with E-state index in [0.717, 1.165) is 41.8 Å². The van der Waals surface area contributed by atoms with Crippen LogP contribution < -0.4 is 4.90 Å². The first-order valence-electron chi connectivity index (χ1n) is 8.56. The summed E-state index contributed by atoms with van der Waals surface area (Å²) in [6, 6.07) is 16.0. The third-order valence-electron chi connectivity index (χ3n) is 5.57. The lowest BCUT2D eigenvalue weighted by molar-refractivity contribution is -0.130. The van der Waals surface area contributed by atoms with E-state index in [1.165, 1.54) is 0 Å². The minimum atomic E-state index is 0.0296. The lowest BCUT2D eigenvalue weighted by Gasteiger charge is -2.40. The van der Waals surface area contributed by atoms with Gasteiger partial charge in [-0.15, -0.1) is 0 Å². The van der Waals surface area contributed by atoms with E-state index >= 15 is 0 Å². The molecule has 3 aliphatic rings. The van der Waals surface area contributed by atoms with Crippen molar-refractivity contribution in [1.29, 1.82) is 0 Å². The number of fused-ring (bicyclic) bond motifs is 5. The highest BCUT2D eigenvalue weighted by atomic mass is 16.2. The fourth-order valence-electron chi connectivity index (χ4n) is 4.52. The Morgan fingerprint density at radius 3 is 2.42 bits per heavy atom. The molecule has 0 bridgehead atoms. The normalized spacial score (nSPS) is 24.8. The predicted octanol–water partition coefficient (Wildman–Crippen LogP) is 3.46. The molecule has 1 saturated heterocycles. The fraction of sp³-hybridized carbons (Fsp3) is 0.300. The molecule has 4 nitrogen and oxygen atoms in total. The maximum Gasteiger partial charge on any atom is 0.259 e. The summed E-state index contributed by atoms with van der Waals surface area (Å²) in [4.78, 5) is 29.2. The Morgan fingerprint density at radius 1 is 0.875 bits per heavy atom. The molecule has 0 radical (unpaired) electrons. The molecule has 0 N–H and O–H groups in total. The van der Waals surface area contributed by atoms with Gasteiger partial charge in [-0.1, -0.05) is 36.4 Å². The summed E-state index contributed by atoms with van der Waals surface area (Å²) in [7, 11) is 0. The van der Waals surface area contributed by atoms with Gasteiger partial charge >= 0.3 is 0 Å². The number of para-hydroxylation sites is 1. The van der Waals surface area contributed by atoms with Crippen molar-refractivity contribution in [2.45, 2.75) is 31.3 Å². The molecule has 2 aromatic rings. The van der Waals surface area contributed by atoms with Crippen LogP contribution in [-0.4, -0.2) is 23.3 Å². The summed E-state index contributed by atoms with van der Waals surface area (Å²) >= 11 is 0. The van der Waals surface area contributed by atoms with E-state index in [-0.39, 0.29) is 23.9 Å². The minimum absolute atomic E-state index is 0.0296. The van der Waals surface area contributed by atoms with Crippen molar-refractivity contribution >= 4 is 17.5 Å². The number of nitrogens with zero attached hydrogens (tertiary/aromatic N) is 2. The highest BCUT2D eigenvalue weighted by molar-refractivity contribution is 6.11. The van der Waals surface area contributed by atoms with Crippen LogP contribution in [0.25, 0.3) is 0 Å². The van der Waals surface area contributed by atoms with Gasteiger partial charge in [-0.05, 0) is 36.1 Å². The highest BCUT2D eigenvalue weighted by Gasteiger charge is 2.45. The average molecular weight is 318 g/mol. The van der Waals surface area contributed by atoms with E-state index in [1.54, 1.807) is 0 Å². The van der Waals surface area contributed by atoms with Gasteiger partial charge in [-0.3, -0.25) is 9.59 Å². The molecule has 2 amide bonds. The second-order valence-corrected chi connectivity index (χ2v) is 6.78. The lowest BCUT2D eigenvalue weighted by Crippen LogP contribution is -2.40. The molecule has 0 unspecified atom stereocenters. The van der Waals surface area contributed by atoms with Gasteiger partial charge in [0.1, 0.15) is 0 Å². The fourth-order valence-corrected chi connectivity index (χ4v) is 4.52. The number of hydrogen-bond acceptors (Lipinski definition) is 2. The predicted molar refractivity (Wildman–Crippen MR) is 90.7 cm³/mol. The standard InChI is InChI=1S/C20H18N2O2/c23-19-10-5-11-21(19)17-12-18-13-6-1-2-7-14(13)20(24)22(18)16-9-4-3-8-15(16)17/h1-4,6-9,17-18H,5,10-12H2/t17-,18-/m0/s1. The van der Waals surface area contributed by atoms with Crippen LogP contribution in [-0.2, 0) is 4.79 Å². The number of anilines is 1. The summed E-state index contributed by atoms with van der Waals surface area (Å²) in [5.74, 6) is 0.315. The van der Waals surface area contributed by atoms with Crippen LogP contribution in [0.1, 0.15) is 52.8 Å². The van der Waals surface area contributed by atoms with Gasteiger partial charge in [0.2, 0.25) is 5.91 Å². The summed E-state index contributed by atoms with van der Waals surface area (Å²) in [5.41, 5.74) is 3.95. The average Bonchev–Trinajstić information content (AvgIpc) is 3.17. The molecule has 0 aromatic heterocycles. The van der Waals surface area contributed by atoms with Crippen LogP contribution in [0, 0.1) is 0 Å². The van der Waals surface area contributed by atoms with Gasteiger partial charge in [0.05, 0.1) is 12.1 Å². The zero-order valence-electron chi connectivity index (χ0n) is 13.3. The van der Waals surface area contributed by atoms with Crippen molar-refractivity contribution in [1.82, 2.24) is 4.90 Å². The third kappa shape index (κ3) is 1.74. The van der Waals surface area contributed by atoms with Crippen LogP contribution in [0.15, 0.2) is 48.5 Å². The van der Waals surface area contributed by atoms with Crippen LogP contribution >= 0.6 is 0 Å². The van der Waals surface area contributed by atoms with Crippen molar-refractivity contribution in [2.75, 3.05) is 11.4 Å². The van der Waals surface area contributed by atoms with Gasteiger partial charge in [0.25, 0.3) is 5.91 Å². The topological polar surface area (TPSA) is 40.6 Å². The number of hydrogen-bond donors (Lipinski definition) is 0. The molecule has 4 heteroatoms. The van der Waals surface area contributed by atoms with E-state index in [0.29, 0.717) is 6.42 Å². The first-order chi connectivity index (χ1) is 11.8. The van der Waals surface area contributed by atoms with E-state index in [2.05, 4.69) is 12.1 Å². The molecular weight excluding hydrogens is 300 g/mol. The van der Waals surface area contributed by atoms with Crippen LogP contribution in [0.5, 0.6) is 0 Å². The molecule has 3 aliphatic heterocycles. The molecule has 0 saturated carbocycles. The molecule has 1 fully saturated rings. The van der Waals surface area contributed by atoms with Gasteiger partial charge in [0.15, 0.2) is 0 Å². The first-order valence-corrected chi connectivity index (χ1v) is 8.56. The summed E-state index contributed by atoms with van der Waals surface area (Å²) in [5, 5.41) is 0. The lowest BCUT2D eigenvalue weighted by atomic mass is 9.88. The van der Waals surface area contributed by atoms with Gasteiger partial charge in [-0.25, -0.2) is 0 Å². The molecule has 0 aliphatic carbocycles. The Bertz CT molecular complexity index is 860. The van der Waals surface area contributed by atoms with Gasteiger partial charge in [0, 0.05) is 24.2 Å². The zero-order chi connectivity index (χ0) is 16.3. The van der Waals surface area contributed by atoms with Gasteiger partial charge < -0.3 is 9.80 Å². The smallest absolute Gasteiger partial charge is 0.259 e.